The summed E-state index contributed by atoms with van der Waals surface area (Å²) < 4.78 is 5.39. The molecule has 7 nitrogen and oxygen atoms in total. The molecule has 0 bridgehead atoms. The number of nitriles is 1. The quantitative estimate of drug-likeness (QED) is 0.686. The fourth-order valence-corrected chi connectivity index (χ4v) is 7.43. The number of amides is 2. The number of thioether (sulfide) groups is 1. The number of carbonyl (C=O) groups excluding carboxylic acids is 3. The van der Waals surface area contributed by atoms with Crippen LogP contribution in [0.2, 0.25) is 0 Å². The number of anilines is 2. The van der Waals surface area contributed by atoms with Gasteiger partial charge in [0.25, 0.3) is 5.91 Å². The van der Waals surface area contributed by atoms with Crippen molar-refractivity contribution in [1.29, 1.82) is 5.26 Å². The van der Waals surface area contributed by atoms with Gasteiger partial charge in [-0.25, -0.2) is 4.79 Å². The number of thiophene rings is 1. The summed E-state index contributed by atoms with van der Waals surface area (Å²) in [6.07, 6.45) is 3.36. The van der Waals surface area contributed by atoms with Crippen molar-refractivity contribution in [2.75, 3.05) is 16.8 Å². The van der Waals surface area contributed by atoms with Gasteiger partial charge in [0.15, 0.2) is 11.5 Å². The van der Waals surface area contributed by atoms with Crippen molar-refractivity contribution in [2.24, 2.45) is 5.92 Å². The van der Waals surface area contributed by atoms with Crippen molar-refractivity contribution in [3.8, 4) is 6.07 Å². The van der Waals surface area contributed by atoms with E-state index in [-0.39, 0.29) is 12.3 Å². The number of carbonyl (C=O) groups is 3. The van der Waals surface area contributed by atoms with Gasteiger partial charge in [-0.05, 0) is 42.9 Å². The summed E-state index contributed by atoms with van der Waals surface area (Å²) in [6, 6.07) is 9.59. The standard InChI is InChI=1S/C23H21N3O4S2/c1-13-6-7-14-15(11-24)21(31-18(14)10-13)25-19(27)12-30-22(29)23-9-8-20(28)26(23)16-4-2-3-5-17(16)32-23/h2-5,13H,6-10,12H2,1H3,(H,25,27)/t13-,23+/m1/s1. The van der Waals surface area contributed by atoms with Crippen LogP contribution < -0.4 is 10.2 Å². The summed E-state index contributed by atoms with van der Waals surface area (Å²) in [4.78, 5) is 40.5. The Morgan fingerprint density at radius 1 is 1.34 bits per heavy atom. The summed E-state index contributed by atoms with van der Waals surface area (Å²) in [5.74, 6) is -0.656. The molecule has 1 saturated heterocycles. The van der Waals surface area contributed by atoms with E-state index in [2.05, 4.69) is 18.3 Å². The van der Waals surface area contributed by atoms with Gasteiger partial charge in [-0.1, -0.05) is 30.8 Å². The third-order valence-corrected chi connectivity index (χ3v) is 8.83. The second-order valence-electron chi connectivity index (χ2n) is 8.38. The van der Waals surface area contributed by atoms with Gasteiger partial charge in [0, 0.05) is 22.6 Å². The molecule has 5 rings (SSSR count). The molecule has 32 heavy (non-hydrogen) atoms. The second-order valence-corrected chi connectivity index (χ2v) is 10.8. The zero-order valence-electron chi connectivity index (χ0n) is 17.5. The number of ether oxygens (including phenoxy) is 1. The predicted molar refractivity (Wildman–Crippen MR) is 122 cm³/mol. The number of hydrogen-bond acceptors (Lipinski definition) is 7. The van der Waals surface area contributed by atoms with E-state index in [0.29, 0.717) is 28.6 Å². The monoisotopic (exact) mass is 467 g/mol. The Bertz CT molecular complexity index is 1180. The van der Waals surface area contributed by atoms with Gasteiger partial charge < -0.3 is 10.1 Å². The first-order chi connectivity index (χ1) is 15.4. The highest BCUT2D eigenvalue weighted by Gasteiger charge is 2.58. The fourth-order valence-electron chi connectivity index (χ4n) is 4.64. The molecule has 2 aromatic rings. The molecule has 2 atom stereocenters. The van der Waals surface area contributed by atoms with Crippen LogP contribution in [-0.4, -0.2) is 29.3 Å². The van der Waals surface area contributed by atoms with Crippen molar-refractivity contribution in [1.82, 2.24) is 0 Å². The summed E-state index contributed by atoms with van der Waals surface area (Å²) >= 11 is 2.74. The molecule has 0 unspecified atom stereocenters. The minimum Gasteiger partial charge on any atom is -0.453 e. The number of benzene rings is 1. The second kappa shape index (κ2) is 7.94. The average Bonchev–Trinajstić information content (AvgIpc) is 3.41. The normalized spacial score (nSPS) is 23.2. The Morgan fingerprint density at radius 2 is 2.16 bits per heavy atom. The molecule has 2 amide bonds. The predicted octanol–water partition coefficient (Wildman–Crippen LogP) is 3.86. The highest BCUT2D eigenvalue weighted by atomic mass is 32.2. The minimum absolute atomic E-state index is 0.124. The molecule has 3 aliphatic rings. The summed E-state index contributed by atoms with van der Waals surface area (Å²) in [5.41, 5.74) is 2.25. The number of esters is 1. The van der Waals surface area contributed by atoms with E-state index in [1.54, 1.807) is 0 Å². The van der Waals surface area contributed by atoms with Crippen LogP contribution in [0.3, 0.4) is 0 Å². The molecule has 3 heterocycles. The van der Waals surface area contributed by atoms with Crippen molar-refractivity contribution in [3.05, 3.63) is 40.3 Å². The van der Waals surface area contributed by atoms with Gasteiger partial charge in [0.05, 0.1) is 11.3 Å². The first-order valence-corrected chi connectivity index (χ1v) is 12.2. The lowest BCUT2D eigenvalue weighted by Gasteiger charge is -2.28. The molecule has 1 N–H and O–H groups in total. The van der Waals surface area contributed by atoms with Crippen LogP contribution in [0.5, 0.6) is 0 Å². The Balaban J connectivity index is 1.28. The molecule has 1 aromatic heterocycles. The van der Waals surface area contributed by atoms with E-state index in [9.17, 15) is 19.6 Å². The van der Waals surface area contributed by atoms with Crippen LogP contribution in [-0.2, 0) is 32.0 Å². The van der Waals surface area contributed by atoms with E-state index in [4.69, 9.17) is 4.74 Å². The molecular formula is C23H21N3O4S2. The molecule has 1 aliphatic carbocycles. The molecular weight excluding hydrogens is 446 g/mol. The Labute approximate surface area is 193 Å². The number of fused-ring (bicyclic) bond motifs is 4. The van der Waals surface area contributed by atoms with Crippen LogP contribution in [0.4, 0.5) is 10.7 Å². The lowest BCUT2D eigenvalue weighted by molar-refractivity contribution is -0.149. The van der Waals surface area contributed by atoms with Gasteiger partial charge in [0.1, 0.15) is 11.1 Å². The number of rotatable bonds is 4. The van der Waals surface area contributed by atoms with Crippen LogP contribution in [0.25, 0.3) is 0 Å². The smallest absolute Gasteiger partial charge is 0.344 e. The van der Waals surface area contributed by atoms with Crippen molar-refractivity contribution in [2.45, 2.75) is 48.8 Å². The van der Waals surface area contributed by atoms with E-state index in [0.717, 1.165) is 34.6 Å². The number of nitrogens with zero attached hydrogens (tertiary/aromatic N) is 2. The minimum atomic E-state index is -1.16. The molecule has 164 valence electrons. The van der Waals surface area contributed by atoms with Gasteiger partial charge in [0.2, 0.25) is 5.91 Å². The largest absolute Gasteiger partial charge is 0.453 e. The molecule has 0 spiro atoms. The molecule has 1 aromatic carbocycles. The van der Waals surface area contributed by atoms with Crippen molar-refractivity contribution >= 4 is 51.6 Å². The summed E-state index contributed by atoms with van der Waals surface area (Å²) in [5, 5.41) is 12.9. The maximum absolute atomic E-state index is 13.1. The van der Waals surface area contributed by atoms with Crippen LogP contribution in [0.1, 0.15) is 42.2 Å². The first-order valence-electron chi connectivity index (χ1n) is 10.6. The van der Waals surface area contributed by atoms with Crippen LogP contribution >= 0.6 is 23.1 Å². The Kier molecular flexibility index (Phi) is 5.22. The maximum atomic E-state index is 13.1. The Morgan fingerprint density at radius 3 is 2.97 bits per heavy atom. The Hall–Kier alpha value is -2.83. The lowest BCUT2D eigenvalue weighted by Crippen LogP contribution is -2.48. The zero-order chi connectivity index (χ0) is 22.5. The van der Waals surface area contributed by atoms with E-state index in [1.165, 1.54) is 28.0 Å². The van der Waals surface area contributed by atoms with E-state index in [1.807, 2.05) is 24.3 Å². The number of hydrogen-bond donors (Lipinski definition) is 1. The van der Waals surface area contributed by atoms with Gasteiger partial charge in [-0.15, -0.1) is 11.3 Å². The topological polar surface area (TPSA) is 99.5 Å². The van der Waals surface area contributed by atoms with Crippen LogP contribution in [0.15, 0.2) is 29.2 Å². The fraction of sp³-hybridized carbons (Fsp3) is 0.391. The number of nitrogens with one attached hydrogen (secondary N) is 1. The van der Waals surface area contributed by atoms with Crippen molar-refractivity contribution < 1.29 is 19.1 Å². The maximum Gasteiger partial charge on any atom is 0.344 e. The average molecular weight is 468 g/mol. The van der Waals surface area contributed by atoms with Crippen molar-refractivity contribution in [3.63, 3.8) is 0 Å². The van der Waals surface area contributed by atoms with Gasteiger partial charge >= 0.3 is 5.97 Å². The molecule has 0 radical (unpaired) electrons. The summed E-state index contributed by atoms with van der Waals surface area (Å²) in [6.45, 7) is 1.71. The summed E-state index contributed by atoms with van der Waals surface area (Å²) in [7, 11) is 0. The van der Waals surface area contributed by atoms with Gasteiger partial charge in [-0.2, -0.15) is 5.26 Å². The molecule has 9 heteroatoms. The first kappa shape index (κ1) is 21.0. The SMILES string of the molecule is C[C@@H]1CCc2c(sc(NC(=O)COC(=O)[C@@]34CCC(=O)N3c3ccccc3S4)c2C#N)C1. The third-order valence-electron chi connectivity index (χ3n) is 6.20. The van der Waals surface area contributed by atoms with Crippen LogP contribution in [0, 0.1) is 17.2 Å². The highest BCUT2D eigenvalue weighted by Crippen LogP contribution is 2.56. The zero-order valence-corrected chi connectivity index (χ0v) is 19.1. The van der Waals surface area contributed by atoms with E-state index >= 15 is 0 Å². The highest BCUT2D eigenvalue weighted by molar-refractivity contribution is 8.02. The molecule has 2 aliphatic heterocycles. The van der Waals surface area contributed by atoms with E-state index < -0.39 is 23.4 Å². The molecule has 0 saturated carbocycles. The molecule has 1 fully saturated rings. The number of para-hydroxylation sites is 1. The van der Waals surface area contributed by atoms with Gasteiger partial charge in [-0.3, -0.25) is 14.5 Å². The lowest BCUT2D eigenvalue weighted by atomic mass is 9.89. The third kappa shape index (κ3) is 3.29.